The second kappa shape index (κ2) is 10.1. The molecule has 0 radical (unpaired) electrons. The van der Waals surface area contributed by atoms with Crippen LogP contribution in [-0.2, 0) is 38.0 Å². The summed E-state index contributed by atoms with van der Waals surface area (Å²) in [6.07, 6.45) is -20.5. The lowest BCUT2D eigenvalue weighted by atomic mass is 9.76. The lowest BCUT2D eigenvalue weighted by Gasteiger charge is -2.31. The molecule has 5 fully saturated rings. The molecular formula is C27H26F6O9. The van der Waals surface area contributed by atoms with Crippen LogP contribution in [0.3, 0.4) is 0 Å². The Balaban J connectivity index is 1.06. The molecule has 2 saturated carbocycles. The number of rotatable bonds is 5. The molecule has 15 heteroatoms. The van der Waals surface area contributed by atoms with E-state index >= 15 is 0 Å². The summed E-state index contributed by atoms with van der Waals surface area (Å²) in [6.45, 7) is 4.30. The van der Waals surface area contributed by atoms with Gasteiger partial charge in [-0.1, -0.05) is 26.0 Å². The number of carbonyl (C=O) groups excluding carboxylic acids is 3. The Morgan fingerprint density at radius 1 is 0.881 bits per heavy atom. The average Bonchev–Trinajstić information content (AvgIpc) is 3.70. The van der Waals surface area contributed by atoms with Gasteiger partial charge < -0.3 is 28.4 Å². The van der Waals surface area contributed by atoms with Crippen molar-refractivity contribution >= 4 is 17.9 Å². The van der Waals surface area contributed by atoms with Crippen LogP contribution in [0.25, 0.3) is 0 Å². The molecule has 0 aromatic heterocycles. The van der Waals surface area contributed by atoms with Crippen molar-refractivity contribution in [2.24, 2.45) is 29.6 Å². The first-order valence-corrected chi connectivity index (χ1v) is 13.4. The molecular weight excluding hydrogens is 582 g/mol. The zero-order valence-electron chi connectivity index (χ0n) is 22.1. The maximum Gasteiger partial charge on any atom is 0.434 e. The minimum Gasteiger partial charge on any atom is -0.454 e. The van der Waals surface area contributed by atoms with E-state index in [1.165, 1.54) is 12.1 Å². The van der Waals surface area contributed by atoms with E-state index < -0.39 is 78.9 Å². The number of esters is 3. The van der Waals surface area contributed by atoms with Gasteiger partial charge in [0.1, 0.15) is 6.10 Å². The summed E-state index contributed by atoms with van der Waals surface area (Å²) in [5.41, 5.74) is -0.323. The van der Waals surface area contributed by atoms with Gasteiger partial charge in [-0.15, -0.1) is 0 Å². The highest BCUT2D eigenvalue weighted by Gasteiger charge is 2.64. The molecule has 3 aliphatic heterocycles. The van der Waals surface area contributed by atoms with Crippen molar-refractivity contribution in [1.82, 2.24) is 0 Å². The first-order chi connectivity index (χ1) is 19.6. The summed E-state index contributed by atoms with van der Waals surface area (Å²) < 4.78 is 108. The minimum atomic E-state index is -5.84. The Labute approximate surface area is 234 Å². The average molecular weight is 608 g/mol. The van der Waals surface area contributed by atoms with Gasteiger partial charge in [-0.3, -0.25) is 4.79 Å². The van der Waals surface area contributed by atoms with E-state index in [-0.39, 0.29) is 17.4 Å². The summed E-state index contributed by atoms with van der Waals surface area (Å²) in [4.78, 5) is 37.6. The first-order valence-electron chi connectivity index (χ1n) is 13.4. The van der Waals surface area contributed by atoms with Gasteiger partial charge in [0.05, 0.1) is 11.5 Å². The van der Waals surface area contributed by atoms with Gasteiger partial charge in [0.2, 0.25) is 6.10 Å². The van der Waals surface area contributed by atoms with Crippen molar-refractivity contribution in [2.45, 2.75) is 82.1 Å². The number of halogens is 6. The number of carbonyl (C=O) groups is 3. The van der Waals surface area contributed by atoms with Gasteiger partial charge in [0.25, 0.3) is 6.10 Å². The fraction of sp³-hybridized carbons (Fsp3) is 0.667. The third-order valence-corrected chi connectivity index (χ3v) is 9.21. The molecule has 42 heavy (non-hydrogen) atoms. The van der Waals surface area contributed by atoms with Crippen LogP contribution in [0.4, 0.5) is 26.3 Å². The van der Waals surface area contributed by atoms with E-state index in [4.69, 9.17) is 23.7 Å². The number of benzene rings is 1. The molecule has 1 aromatic carbocycles. The minimum absolute atomic E-state index is 0.200. The highest BCUT2D eigenvalue weighted by molar-refractivity contribution is 5.89. The molecule has 0 amide bonds. The third-order valence-electron chi connectivity index (χ3n) is 9.21. The van der Waals surface area contributed by atoms with E-state index in [1.807, 2.05) is 0 Å². The van der Waals surface area contributed by atoms with Crippen molar-refractivity contribution in [3.05, 3.63) is 35.4 Å². The summed E-state index contributed by atoms with van der Waals surface area (Å²) >= 11 is 0. The lowest BCUT2D eigenvalue weighted by molar-refractivity contribution is -0.307. The Bertz CT molecular complexity index is 1230. The number of hydrogen-bond donors (Lipinski definition) is 0. The van der Waals surface area contributed by atoms with Crippen LogP contribution in [0.1, 0.15) is 48.9 Å². The molecule has 11 unspecified atom stereocenters. The maximum atomic E-state index is 13.0. The molecule has 3 heterocycles. The topological polar surface area (TPSA) is 107 Å². The van der Waals surface area contributed by atoms with Crippen LogP contribution in [0.15, 0.2) is 24.3 Å². The zero-order chi connectivity index (χ0) is 30.3. The van der Waals surface area contributed by atoms with Crippen LogP contribution < -0.4 is 0 Å². The molecule has 3 saturated heterocycles. The second-order valence-corrected chi connectivity index (χ2v) is 11.5. The van der Waals surface area contributed by atoms with Crippen molar-refractivity contribution < 1.29 is 69.1 Å². The molecule has 2 bridgehead atoms. The molecule has 11 atom stereocenters. The zero-order valence-corrected chi connectivity index (χ0v) is 22.1. The summed E-state index contributed by atoms with van der Waals surface area (Å²) in [5, 5.41) is 0. The quantitative estimate of drug-likeness (QED) is 0.276. The van der Waals surface area contributed by atoms with Crippen molar-refractivity contribution in [3.63, 3.8) is 0 Å². The van der Waals surface area contributed by atoms with E-state index in [2.05, 4.69) is 18.6 Å². The second-order valence-electron chi connectivity index (χ2n) is 11.5. The van der Waals surface area contributed by atoms with Crippen LogP contribution in [0, 0.1) is 29.6 Å². The van der Waals surface area contributed by atoms with Gasteiger partial charge in [-0.05, 0) is 48.6 Å². The number of fused-ring (bicyclic) bond motifs is 5. The number of hydrogen-bond acceptors (Lipinski definition) is 9. The highest BCUT2D eigenvalue weighted by Crippen LogP contribution is 2.55. The molecule has 6 rings (SSSR count). The maximum absolute atomic E-state index is 13.0. The van der Waals surface area contributed by atoms with Crippen LogP contribution in [0.5, 0.6) is 0 Å². The number of ether oxygens (including phenoxy) is 6. The highest BCUT2D eigenvalue weighted by atomic mass is 19.4. The van der Waals surface area contributed by atoms with Crippen molar-refractivity contribution in [1.29, 1.82) is 0 Å². The summed E-state index contributed by atoms with van der Waals surface area (Å²) in [5.74, 6) is -1.80. The summed E-state index contributed by atoms with van der Waals surface area (Å²) in [7, 11) is 0. The Kier molecular flexibility index (Phi) is 7.00. The Morgan fingerprint density at radius 3 is 2.14 bits per heavy atom. The van der Waals surface area contributed by atoms with Gasteiger partial charge in [-0.25, -0.2) is 9.59 Å². The fourth-order valence-corrected chi connectivity index (χ4v) is 6.88. The molecule has 230 valence electrons. The number of alkyl halides is 6. The van der Waals surface area contributed by atoms with Gasteiger partial charge in [-0.2, -0.15) is 26.3 Å². The predicted octanol–water partition coefficient (Wildman–Crippen LogP) is 4.24. The van der Waals surface area contributed by atoms with Gasteiger partial charge >= 0.3 is 30.3 Å². The SMILES string of the molecule is CC1C2CC(C(=O)OC3C(=O)OC4C5OC(c6ccc(C(=O)OC(C(F)(F)F)C(F)(F)F)cc6)OC5OC34)C(C2)C1C. The van der Waals surface area contributed by atoms with Gasteiger partial charge in [0.15, 0.2) is 24.8 Å². The Morgan fingerprint density at radius 2 is 1.55 bits per heavy atom. The van der Waals surface area contributed by atoms with E-state index in [0.717, 1.165) is 18.6 Å². The van der Waals surface area contributed by atoms with E-state index in [0.29, 0.717) is 24.2 Å². The molecule has 9 nitrogen and oxygen atoms in total. The lowest BCUT2D eigenvalue weighted by Crippen LogP contribution is -2.45. The molecule has 0 N–H and O–H groups in total. The molecule has 5 aliphatic rings. The van der Waals surface area contributed by atoms with Crippen LogP contribution in [0.2, 0.25) is 0 Å². The largest absolute Gasteiger partial charge is 0.454 e. The van der Waals surface area contributed by atoms with Gasteiger partial charge in [0, 0.05) is 5.56 Å². The van der Waals surface area contributed by atoms with E-state index in [1.54, 1.807) is 0 Å². The normalized spacial score (nSPS) is 38.9. The standard InChI is InChI=1S/C27H26F6O9/c1-9-10(2)14-7-13(9)8-15(14)21(35)38-18-16-17(37-22(18)36)19-24(39-16)42-23(40-19)12-5-3-11(4-6-12)20(34)41-25(26(28,29)30)27(31,32)33/h3-6,9-10,13-19,23-25H,7-8H2,1-2H3. The Hall–Kier alpha value is -2.91. The molecule has 1 aromatic rings. The van der Waals surface area contributed by atoms with Crippen LogP contribution in [-0.4, -0.2) is 67.1 Å². The fourth-order valence-electron chi connectivity index (χ4n) is 6.88. The predicted molar refractivity (Wildman–Crippen MR) is 123 cm³/mol. The smallest absolute Gasteiger partial charge is 0.434 e. The molecule has 0 spiro atoms. The molecule has 2 aliphatic carbocycles. The first kappa shape index (κ1) is 29.2. The van der Waals surface area contributed by atoms with Crippen molar-refractivity contribution in [3.8, 4) is 0 Å². The van der Waals surface area contributed by atoms with E-state index in [9.17, 15) is 40.7 Å². The van der Waals surface area contributed by atoms with Crippen LogP contribution >= 0.6 is 0 Å². The monoisotopic (exact) mass is 608 g/mol. The van der Waals surface area contributed by atoms with Crippen molar-refractivity contribution in [2.75, 3.05) is 0 Å². The summed E-state index contributed by atoms with van der Waals surface area (Å²) in [6, 6.07) is 4.29. The third kappa shape index (κ3) is 4.92.